The van der Waals surface area contributed by atoms with Crippen LogP contribution < -0.4 is 5.32 Å². The lowest BCUT2D eigenvalue weighted by molar-refractivity contribution is -0.137. The first-order valence-corrected chi connectivity index (χ1v) is 7.60. The number of nitrogens with zero attached hydrogens (tertiary/aromatic N) is 1. The smallest absolute Gasteiger partial charge is 0.376 e. The van der Waals surface area contributed by atoms with Crippen LogP contribution in [-0.2, 0) is 6.18 Å². The second-order valence-electron chi connectivity index (χ2n) is 6.00. The van der Waals surface area contributed by atoms with E-state index in [9.17, 15) is 13.2 Å². The quantitative estimate of drug-likeness (QED) is 0.755. The molecule has 0 spiro atoms. The maximum atomic E-state index is 13.4. The molecule has 0 amide bonds. The van der Waals surface area contributed by atoms with E-state index < -0.39 is 11.7 Å². The number of alkyl halides is 3. The third-order valence-corrected chi connectivity index (χ3v) is 4.71. The number of hydrogen-bond acceptors (Lipinski definition) is 2. The van der Waals surface area contributed by atoms with Crippen LogP contribution in [0.2, 0.25) is 0 Å². The Morgan fingerprint density at radius 2 is 1.96 bits per heavy atom. The first-order valence-electron chi connectivity index (χ1n) is 7.60. The van der Waals surface area contributed by atoms with Crippen LogP contribution in [0.5, 0.6) is 0 Å². The maximum absolute atomic E-state index is 13.4. The first kappa shape index (κ1) is 14.3. The monoisotopic (exact) mass is 316 g/mol. The molecule has 2 aliphatic rings. The Kier molecular flexibility index (Phi) is 3.18. The van der Waals surface area contributed by atoms with Crippen molar-refractivity contribution >= 4 is 5.69 Å². The minimum absolute atomic E-state index is 0.000515. The summed E-state index contributed by atoms with van der Waals surface area (Å²) in [6.45, 7) is 0. The standard InChI is InChI=1S/C18H15F3N2/c19-18(20,21)14-8-4-7-12-11-5-3-6-13(11)17(23-16(12)14)15-9-1-2-10-22-15/h1-5,7-11,13,17,23H,6H2/t11-,13+,17+/m1/s1. The van der Waals surface area contributed by atoms with Gasteiger partial charge in [-0.15, -0.1) is 0 Å². The van der Waals surface area contributed by atoms with E-state index in [-0.39, 0.29) is 23.6 Å². The molecule has 1 aliphatic carbocycles. The number of aromatic nitrogens is 1. The van der Waals surface area contributed by atoms with Crippen LogP contribution in [0.15, 0.2) is 54.7 Å². The molecule has 3 atom stereocenters. The number of fused-ring (bicyclic) bond motifs is 3. The van der Waals surface area contributed by atoms with Crippen molar-refractivity contribution in [2.24, 2.45) is 5.92 Å². The molecule has 5 heteroatoms. The van der Waals surface area contributed by atoms with Gasteiger partial charge in [-0.3, -0.25) is 4.98 Å². The van der Waals surface area contributed by atoms with E-state index in [1.807, 2.05) is 24.3 Å². The molecule has 23 heavy (non-hydrogen) atoms. The molecule has 0 saturated heterocycles. The zero-order valence-electron chi connectivity index (χ0n) is 12.2. The van der Waals surface area contributed by atoms with Crippen molar-refractivity contribution in [1.29, 1.82) is 0 Å². The average Bonchev–Trinajstić information content (AvgIpc) is 3.03. The molecule has 0 unspecified atom stereocenters. The Bertz CT molecular complexity index is 753. The van der Waals surface area contributed by atoms with Crippen LogP contribution in [0, 0.1) is 5.92 Å². The van der Waals surface area contributed by atoms with Gasteiger partial charge in [-0.2, -0.15) is 13.2 Å². The summed E-state index contributed by atoms with van der Waals surface area (Å²) in [6.07, 6.45) is 2.24. The Morgan fingerprint density at radius 3 is 2.70 bits per heavy atom. The number of halogens is 3. The molecule has 1 aliphatic heterocycles. The summed E-state index contributed by atoms with van der Waals surface area (Å²) in [5, 5.41) is 3.14. The molecule has 2 aromatic rings. The van der Waals surface area contributed by atoms with E-state index in [0.29, 0.717) is 0 Å². The van der Waals surface area contributed by atoms with Crippen LogP contribution in [-0.4, -0.2) is 4.98 Å². The number of anilines is 1. The van der Waals surface area contributed by atoms with Gasteiger partial charge in [0.05, 0.1) is 23.0 Å². The lowest BCUT2D eigenvalue weighted by Gasteiger charge is -2.38. The molecule has 118 valence electrons. The van der Waals surface area contributed by atoms with Crippen molar-refractivity contribution in [2.75, 3.05) is 5.32 Å². The maximum Gasteiger partial charge on any atom is 0.418 e. The summed E-state index contributed by atoms with van der Waals surface area (Å²) >= 11 is 0. The van der Waals surface area contributed by atoms with E-state index in [0.717, 1.165) is 23.7 Å². The van der Waals surface area contributed by atoms with Crippen LogP contribution in [0.25, 0.3) is 0 Å². The Hall–Kier alpha value is -2.30. The molecule has 1 aromatic heterocycles. The molecule has 1 aromatic carbocycles. The van der Waals surface area contributed by atoms with E-state index in [4.69, 9.17) is 0 Å². The molecule has 4 rings (SSSR count). The topological polar surface area (TPSA) is 24.9 Å². The fourth-order valence-corrected chi connectivity index (χ4v) is 3.71. The Labute approximate surface area is 132 Å². The van der Waals surface area contributed by atoms with Crippen LogP contribution in [0.1, 0.15) is 35.2 Å². The van der Waals surface area contributed by atoms with Gasteiger partial charge in [-0.25, -0.2) is 0 Å². The van der Waals surface area contributed by atoms with Gasteiger partial charge in [-0.1, -0.05) is 30.4 Å². The SMILES string of the molecule is FC(F)(F)c1cccc2c1N[C@H](c1ccccn1)[C@H]1CC=C[C@H]21. The van der Waals surface area contributed by atoms with Crippen molar-refractivity contribution in [1.82, 2.24) is 4.98 Å². The van der Waals surface area contributed by atoms with Gasteiger partial charge in [0.15, 0.2) is 0 Å². The number of benzene rings is 1. The largest absolute Gasteiger partial charge is 0.418 e. The highest BCUT2D eigenvalue weighted by Gasteiger charge is 2.43. The fraction of sp³-hybridized carbons (Fsp3) is 0.278. The Balaban J connectivity index is 1.86. The van der Waals surface area contributed by atoms with E-state index in [1.54, 1.807) is 12.3 Å². The summed E-state index contributed by atoms with van der Waals surface area (Å²) in [6, 6.07) is 9.76. The lowest BCUT2D eigenvalue weighted by Crippen LogP contribution is -2.31. The van der Waals surface area contributed by atoms with Gasteiger partial charge in [0.25, 0.3) is 0 Å². The summed E-state index contributed by atoms with van der Waals surface area (Å²) in [7, 11) is 0. The van der Waals surface area contributed by atoms with Crippen LogP contribution >= 0.6 is 0 Å². The number of pyridine rings is 1. The molecule has 0 saturated carbocycles. The third kappa shape index (κ3) is 2.31. The van der Waals surface area contributed by atoms with Crippen molar-refractivity contribution in [3.63, 3.8) is 0 Å². The van der Waals surface area contributed by atoms with E-state index in [1.165, 1.54) is 6.07 Å². The van der Waals surface area contributed by atoms with Gasteiger partial charge in [-0.05, 0) is 36.1 Å². The van der Waals surface area contributed by atoms with Gasteiger partial charge in [0.1, 0.15) is 0 Å². The van der Waals surface area contributed by atoms with E-state index in [2.05, 4.69) is 16.4 Å². The normalized spacial score (nSPS) is 25.6. The predicted molar refractivity (Wildman–Crippen MR) is 82.0 cm³/mol. The van der Waals surface area contributed by atoms with Crippen molar-refractivity contribution in [3.05, 3.63) is 71.6 Å². The van der Waals surface area contributed by atoms with Gasteiger partial charge in [0.2, 0.25) is 0 Å². The number of hydrogen-bond donors (Lipinski definition) is 1. The summed E-state index contributed by atoms with van der Waals surface area (Å²) < 4.78 is 40.1. The van der Waals surface area contributed by atoms with Gasteiger partial charge >= 0.3 is 6.18 Å². The number of allylic oxidation sites excluding steroid dienone is 2. The second-order valence-corrected chi connectivity index (χ2v) is 6.00. The zero-order chi connectivity index (χ0) is 16.0. The van der Waals surface area contributed by atoms with Gasteiger partial charge in [0, 0.05) is 12.1 Å². The molecule has 2 nitrogen and oxygen atoms in total. The fourth-order valence-electron chi connectivity index (χ4n) is 3.71. The lowest BCUT2D eigenvalue weighted by atomic mass is 9.77. The summed E-state index contributed by atoms with van der Waals surface area (Å²) in [5.74, 6) is 0.196. The second kappa shape index (κ2) is 5.11. The highest BCUT2D eigenvalue weighted by atomic mass is 19.4. The predicted octanol–water partition coefficient (Wildman–Crippen LogP) is 4.93. The molecular formula is C18H15F3N2. The number of para-hydroxylation sites is 1. The Morgan fingerprint density at radius 1 is 1.09 bits per heavy atom. The minimum Gasteiger partial charge on any atom is -0.376 e. The minimum atomic E-state index is -4.37. The van der Waals surface area contributed by atoms with Crippen molar-refractivity contribution in [3.8, 4) is 0 Å². The molecule has 2 heterocycles. The molecular weight excluding hydrogens is 301 g/mol. The van der Waals surface area contributed by atoms with Gasteiger partial charge < -0.3 is 5.32 Å². The number of nitrogens with one attached hydrogen (secondary N) is 1. The summed E-state index contributed by atoms with van der Waals surface area (Å²) in [5.41, 5.74) is 1.11. The van der Waals surface area contributed by atoms with Crippen LogP contribution in [0.3, 0.4) is 0 Å². The average molecular weight is 316 g/mol. The van der Waals surface area contributed by atoms with E-state index >= 15 is 0 Å². The van der Waals surface area contributed by atoms with Crippen LogP contribution in [0.4, 0.5) is 18.9 Å². The molecule has 1 N–H and O–H groups in total. The third-order valence-electron chi connectivity index (χ3n) is 4.71. The molecule has 0 radical (unpaired) electrons. The molecule has 0 bridgehead atoms. The first-order chi connectivity index (χ1) is 11.1. The van der Waals surface area contributed by atoms with Crippen molar-refractivity contribution < 1.29 is 13.2 Å². The zero-order valence-corrected chi connectivity index (χ0v) is 12.2. The molecule has 0 fully saturated rings. The van der Waals surface area contributed by atoms with Crippen molar-refractivity contribution in [2.45, 2.75) is 24.6 Å². The highest BCUT2D eigenvalue weighted by Crippen LogP contribution is 2.52. The number of rotatable bonds is 1. The summed E-state index contributed by atoms with van der Waals surface area (Å²) in [4.78, 5) is 4.36. The highest BCUT2D eigenvalue weighted by molar-refractivity contribution is 5.64.